The van der Waals surface area contributed by atoms with Gasteiger partial charge in [-0.2, -0.15) is 0 Å². The molecule has 26 heavy (non-hydrogen) atoms. The molecule has 5 nitrogen and oxygen atoms in total. The number of nitrogens with one attached hydrogen (secondary N) is 1. The Kier molecular flexibility index (Phi) is 5.77. The van der Waals surface area contributed by atoms with Gasteiger partial charge in [0.05, 0.1) is 18.5 Å². The Labute approximate surface area is 150 Å². The zero-order chi connectivity index (χ0) is 18.2. The van der Waals surface area contributed by atoms with Gasteiger partial charge in [0.1, 0.15) is 17.3 Å². The van der Waals surface area contributed by atoms with E-state index in [1.165, 1.54) is 6.07 Å². The smallest absolute Gasteiger partial charge is 0.258 e. The zero-order valence-electron chi connectivity index (χ0n) is 13.9. The normalized spacial score (nSPS) is 10.8. The van der Waals surface area contributed by atoms with Crippen molar-refractivity contribution in [2.45, 2.75) is 6.54 Å². The standard InChI is InChI=1S/C20H17FN2O3/c21-18-5-1-2-6-19(18)22-12-15-7-9-16(10-8-15)26-14-20(24)23-13-17-4-3-11-25-17/h1-12H,13-14H2,(H,23,24). The van der Waals surface area contributed by atoms with Crippen molar-refractivity contribution in [1.82, 2.24) is 5.32 Å². The molecular weight excluding hydrogens is 335 g/mol. The summed E-state index contributed by atoms with van der Waals surface area (Å²) >= 11 is 0. The maximum absolute atomic E-state index is 13.5. The van der Waals surface area contributed by atoms with Gasteiger partial charge in [0.15, 0.2) is 6.61 Å². The van der Waals surface area contributed by atoms with Gasteiger partial charge in [-0.15, -0.1) is 0 Å². The van der Waals surface area contributed by atoms with Crippen LogP contribution in [0.15, 0.2) is 76.3 Å². The number of furan rings is 1. The van der Waals surface area contributed by atoms with E-state index in [2.05, 4.69) is 10.3 Å². The van der Waals surface area contributed by atoms with E-state index in [1.54, 1.807) is 67.1 Å². The monoisotopic (exact) mass is 352 g/mol. The highest BCUT2D eigenvalue weighted by atomic mass is 19.1. The third-order valence-electron chi connectivity index (χ3n) is 3.50. The second-order valence-corrected chi connectivity index (χ2v) is 5.42. The van der Waals surface area contributed by atoms with Crippen molar-refractivity contribution < 1.29 is 18.3 Å². The molecule has 0 fully saturated rings. The summed E-state index contributed by atoms with van der Waals surface area (Å²) in [6.45, 7) is 0.226. The summed E-state index contributed by atoms with van der Waals surface area (Å²) in [6.07, 6.45) is 3.12. The minimum atomic E-state index is -0.371. The summed E-state index contributed by atoms with van der Waals surface area (Å²) in [6, 6.07) is 16.9. The van der Waals surface area contributed by atoms with E-state index in [4.69, 9.17) is 9.15 Å². The summed E-state index contributed by atoms with van der Waals surface area (Å²) in [7, 11) is 0. The van der Waals surface area contributed by atoms with Crippen LogP contribution in [0.4, 0.5) is 10.1 Å². The van der Waals surface area contributed by atoms with Crippen LogP contribution in [0.5, 0.6) is 5.75 Å². The first kappa shape index (κ1) is 17.4. The molecule has 2 aromatic carbocycles. The van der Waals surface area contributed by atoms with Crippen LogP contribution in [0.2, 0.25) is 0 Å². The quantitative estimate of drug-likeness (QED) is 0.657. The van der Waals surface area contributed by atoms with Crippen LogP contribution in [0, 0.1) is 5.82 Å². The van der Waals surface area contributed by atoms with E-state index in [9.17, 15) is 9.18 Å². The lowest BCUT2D eigenvalue weighted by atomic mass is 10.2. The molecule has 3 aromatic rings. The average molecular weight is 352 g/mol. The largest absolute Gasteiger partial charge is 0.484 e. The van der Waals surface area contributed by atoms with Crippen LogP contribution in [0.1, 0.15) is 11.3 Å². The van der Waals surface area contributed by atoms with Crippen molar-refractivity contribution in [2.75, 3.05) is 6.61 Å². The molecule has 132 valence electrons. The summed E-state index contributed by atoms with van der Waals surface area (Å²) in [5.74, 6) is 0.619. The Balaban J connectivity index is 1.48. The number of para-hydroxylation sites is 1. The fraction of sp³-hybridized carbons (Fsp3) is 0.100. The second-order valence-electron chi connectivity index (χ2n) is 5.42. The number of hydrogen-bond donors (Lipinski definition) is 1. The first-order chi connectivity index (χ1) is 12.7. The molecule has 0 saturated carbocycles. The number of carbonyl (C=O) groups excluding carboxylic acids is 1. The maximum Gasteiger partial charge on any atom is 0.258 e. The molecule has 1 aromatic heterocycles. The van der Waals surface area contributed by atoms with E-state index >= 15 is 0 Å². The molecular formula is C20H17FN2O3. The Bertz CT molecular complexity index is 874. The van der Waals surface area contributed by atoms with Crippen molar-refractivity contribution in [3.63, 3.8) is 0 Å². The molecule has 0 aliphatic carbocycles. The molecule has 0 unspecified atom stereocenters. The molecule has 1 N–H and O–H groups in total. The highest BCUT2D eigenvalue weighted by Gasteiger charge is 2.04. The Morgan fingerprint density at radius 1 is 1.12 bits per heavy atom. The van der Waals surface area contributed by atoms with Crippen LogP contribution in [0.3, 0.4) is 0 Å². The molecule has 0 saturated heterocycles. The first-order valence-electron chi connectivity index (χ1n) is 8.01. The van der Waals surface area contributed by atoms with Crippen molar-refractivity contribution >= 4 is 17.8 Å². The molecule has 1 amide bonds. The third-order valence-corrected chi connectivity index (χ3v) is 3.50. The number of nitrogens with zero attached hydrogens (tertiary/aromatic N) is 1. The van der Waals surface area contributed by atoms with Gasteiger partial charge < -0.3 is 14.5 Å². The summed E-state index contributed by atoms with van der Waals surface area (Å²) in [5.41, 5.74) is 1.07. The fourth-order valence-corrected chi connectivity index (χ4v) is 2.15. The van der Waals surface area contributed by atoms with Crippen molar-refractivity contribution in [3.8, 4) is 5.75 Å². The Hall–Kier alpha value is -3.41. The van der Waals surface area contributed by atoms with Gasteiger partial charge in [-0.3, -0.25) is 9.79 Å². The van der Waals surface area contributed by atoms with E-state index < -0.39 is 0 Å². The lowest BCUT2D eigenvalue weighted by Crippen LogP contribution is -2.28. The van der Waals surface area contributed by atoms with Gasteiger partial charge in [-0.25, -0.2) is 4.39 Å². The molecule has 0 spiro atoms. The number of halogens is 1. The Morgan fingerprint density at radius 3 is 2.65 bits per heavy atom. The van der Waals surface area contributed by atoms with Crippen LogP contribution in [0.25, 0.3) is 0 Å². The molecule has 0 radical (unpaired) electrons. The van der Waals surface area contributed by atoms with Gasteiger partial charge in [0.2, 0.25) is 0 Å². The predicted octanol–water partition coefficient (Wildman–Crippen LogP) is 3.86. The third kappa shape index (κ3) is 5.04. The zero-order valence-corrected chi connectivity index (χ0v) is 13.9. The topological polar surface area (TPSA) is 63.8 Å². The van der Waals surface area contributed by atoms with Crippen LogP contribution in [-0.4, -0.2) is 18.7 Å². The Morgan fingerprint density at radius 2 is 1.92 bits per heavy atom. The molecule has 6 heteroatoms. The lowest BCUT2D eigenvalue weighted by Gasteiger charge is -2.06. The van der Waals surface area contributed by atoms with E-state index in [1.807, 2.05) is 0 Å². The second kappa shape index (κ2) is 8.62. The molecule has 0 aliphatic heterocycles. The SMILES string of the molecule is O=C(COc1ccc(C=Nc2ccccc2F)cc1)NCc1ccco1. The number of hydrogen-bond acceptors (Lipinski definition) is 4. The van der Waals surface area contributed by atoms with E-state index in [0.29, 0.717) is 18.1 Å². The number of benzene rings is 2. The average Bonchev–Trinajstić information content (AvgIpc) is 3.18. The number of ether oxygens (including phenoxy) is 1. The van der Waals surface area contributed by atoms with E-state index in [-0.39, 0.29) is 24.0 Å². The number of rotatable bonds is 7. The highest BCUT2D eigenvalue weighted by Crippen LogP contribution is 2.17. The van der Waals surface area contributed by atoms with Crippen molar-refractivity contribution in [3.05, 3.63) is 84.1 Å². The number of carbonyl (C=O) groups is 1. The summed E-state index contributed by atoms with van der Waals surface area (Å²) in [5, 5.41) is 2.70. The van der Waals surface area contributed by atoms with Crippen LogP contribution >= 0.6 is 0 Å². The predicted molar refractivity (Wildman–Crippen MR) is 96.1 cm³/mol. The lowest BCUT2D eigenvalue weighted by molar-refractivity contribution is -0.123. The first-order valence-corrected chi connectivity index (χ1v) is 8.01. The summed E-state index contributed by atoms with van der Waals surface area (Å²) < 4.78 is 24.1. The molecule has 0 atom stereocenters. The van der Waals surface area contributed by atoms with Gasteiger partial charge in [0.25, 0.3) is 5.91 Å². The minimum absolute atomic E-state index is 0.0939. The van der Waals surface area contributed by atoms with Gasteiger partial charge >= 0.3 is 0 Å². The molecule has 0 bridgehead atoms. The van der Waals surface area contributed by atoms with Gasteiger partial charge in [-0.1, -0.05) is 12.1 Å². The highest BCUT2D eigenvalue weighted by molar-refractivity contribution is 5.82. The minimum Gasteiger partial charge on any atom is -0.484 e. The number of aliphatic imine (C=N–C) groups is 1. The fourth-order valence-electron chi connectivity index (χ4n) is 2.15. The number of amides is 1. The maximum atomic E-state index is 13.5. The van der Waals surface area contributed by atoms with Gasteiger partial charge in [-0.05, 0) is 54.1 Å². The molecule has 0 aliphatic rings. The summed E-state index contributed by atoms with van der Waals surface area (Å²) in [4.78, 5) is 15.9. The van der Waals surface area contributed by atoms with Crippen molar-refractivity contribution in [1.29, 1.82) is 0 Å². The molecule has 1 heterocycles. The van der Waals surface area contributed by atoms with Crippen molar-refractivity contribution in [2.24, 2.45) is 4.99 Å². The van der Waals surface area contributed by atoms with E-state index in [0.717, 1.165) is 5.56 Å². The van der Waals surface area contributed by atoms with Crippen LogP contribution in [-0.2, 0) is 11.3 Å². The van der Waals surface area contributed by atoms with Gasteiger partial charge in [0, 0.05) is 6.21 Å². The van der Waals surface area contributed by atoms with Crippen LogP contribution < -0.4 is 10.1 Å². The molecule has 3 rings (SSSR count).